The second-order valence-electron chi connectivity index (χ2n) is 4.12. The van der Waals surface area contributed by atoms with Gasteiger partial charge in [-0.1, -0.05) is 12.1 Å². The van der Waals surface area contributed by atoms with Crippen LogP contribution in [0.3, 0.4) is 0 Å². The van der Waals surface area contributed by atoms with E-state index in [0.29, 0.717) is 6.61 Å². The molecule has 0 radical (unpaired) electrons. The molecule has 0 saturated carbocycles. The van der Waals surface area contributed by atoms with Gasteiger partial charge in [-0.3, -0.25) is 0 Å². The van der Waals surface area contributed by atoms with Gasteiger partial charge in [-0.15, -0.1) is 0 Å². The summed E-state index contributed by atoms with van der Waals surface area (Å²) >= 11 is 0. The molecule has 17 heavy (non-hydrogen) atoms. The van der Waals surface area contributed by atoms with Crippen molar-refractivity contribution in [3.8, 4) is 11.5 Å². The van der Waals surface area contributed by atoms with E-state index in [-0.39, 0.29) is 6.10 Å². The summed E-state index contributed by atoms with van der Waals surface area (Å²) in [5.74, 6) is 2.64. The van der Waals surface area contributed by atoms with E-state index in [1.807, 2.05) is 37.4 Å². The lowest BCUT2D eigenvalue weighted by molar-refractivity contribution is 0.0781. The fourth-order valence-corrected chi connectivity index (χ4v) is 1.97. The van der Waals surface area contributed by atoms with Crippen molar-refractivity contribution >= 4 is 0 Å². The summed E-state index contributed by atoms with van der Waals surface area (Å²) in [7, 11) is 0. The van der Waals surface area contributed by atoms with Gasteiger partial charge in [0, 0.05) is 12.4 Å². The van der Waals surface area contributed by atoms with Crippen LogP contribution in [0.15, 0.2) is 36.7 Å². The zero-order valence-electron chi connectivity index (χ0n) is 9.67. The number of aromatic nitrogens is 2. The van der Waals surface area contributed by atoms with Gasteiger partial charge in [0.05, 0.1) is 6.54 Å². The van der Waals surface area contributed by atoms with Crippen LogP contribution in [0, 0.1) is 6.92 Å². The summed E-state index contributed by atoms with van der Waals surface area (Å²) < 4.78 is 13.6. The van der Waals surface area contributed by atoms with E-state index in [4.69, 9.17) is 9.47 Å². The largest absolute Gasteiger partial charge is 0.486 e. The molecule has 0 spiro atoms. The summed E-state index contributed by atoms with van der Waals surface area (Å²) in [5, 5.41) is 0. The number of aryl methyl sites for hydroxylation is 1. The minimum absolute atomic E-state index is 0.0396. The van der Waals surface area contributed by atoms with Crippen molar-refractivity contribution in [2.75, 3.05) is 6.61 Å². The quantitative estimate of drug-likeness (QED) is 0.792. The van der Waals surface area contributed by atoms with Crippen LogP contribution in [0.2, 0.25) is 0 Å². The number of ether oxygens (including phenoxy) is 2. The van der Waals surface area contributed by atoms with Crippen molar-refractivity contribution < 1.29 is 9.47 Å². The molecule has 0 aliphatic carbocycles. The lowest BCUT2D eigenvalue weighted by Crippen LogP contribution is -2.33. The van der Waals surface area contributed by atoms with Crippen LogP contribution in [0.4, 0.5) is 0 Å². The first-order chi connectivity index (χ1) is 8.33. The third kappa shape index (κ3) is 1.98. The van der Waals surface area contributed by atoms with Gasteiger partial charge in [0.15, 0.2) is 17.6 Å². The fourth-order valence-electron chi connectivity index (χ4n) is 1.97. The van der Waals surface area contributed by atoms with Gasteiger partial charge < -0.3 is 14.0 Å². The minimum Gasteiger partial charge on any atom is -0.486 e. The van der Waals surface area contributed by atoms with Crippen LogP contribution >= 0.6 is 0 Å². The van der Waals surface area contributed by atoms with E-state index in [2.05, 4.69) is 9.55 Å². The van der Waals surface area contributed by atoms with Gasteiger partial charge in [0.1, 0.15) is 12.4 Å². The van der Waals surface area contributed by atoms with Crippen molar-refractivity contribution in [2.24, 2.45) is 0 Å². The number of fused-ring (bicyclic) bond motifs is 1. The van der Waals surface area contributed by atoms with Crippen LogP contribution in [-0.4, -0.2) is 22.3 Å². The Morgan fingerprint density at radius 1 is 1.35 bits per heavy atom. The lowest BCUT2D eigenvalue weighted by Gasteiger charge is -2.26. The molecule has 0 fully saturated rings. The molecule has 1 atom stereocenters. The number of rotatable bonds is 2. The minimum atomic E-state index is 0.0396. The summed E-state index contributed by atoms with van der Waals surface area (Å²) in [6.45, 7) is 3.33. The molecule has 4 heteroatoms. The fraction of sp³-hybridized carbons (Fsp3) is 0.308. The third-order valence-electron chi connectivity index (χ3n) is 2.89. The van der Waals surface area contributed by atoms with E-state index < -0.39 is 0 Å². The molecule has 3 rings (SSSR count). The zero-order chi connectivity index (χ0) is 11.7. The Hall–Kier alpha value is -1.97. The number of hydrogen-bond acceptors (Lipinski definition) is 3. The molecular weight excluding hydrogens is 216 g/mol. The van der Waals surface area contributed by atoms with E-state index >= 15 is 0 Å². The third-order valence-corrected chi connectivity index (χ3v) is 2.89. The normalized spacial score (nSPS) is 18.1. The van der Waals surface area contributed by atoms with Crippen molar-refractivity contribution in [2.45, 2.75) is 19.6 Å². The topological polar surface area (TPSA) is 36.3 Å². The highest BCUT2D eigenvalue weighted by Crippen LogP contribution is 2.31. The summed E-state index contributed by atoms with van der Waals surface area (Å²) in [6, 6.07) is 7.76. The maximum absolute atomic E-state index is 5.89. The van der Waals surface area contributed by atoms with Crippen LogP contribution in [-0.2, 0) is 6.54 Å². The van der Waals surface area contributed by atoms with Crippen molar-refractivity contribution in [3.63, 3.8) is 0 Å². The Kier molecular flexibility index (Phi) is 2.48. The smallest absolute Gasteiger partial charge is 0.161 e. The first-order valence-electron chi connectivity index (χ1n) is 5.69. The standard InChI is InChI=1S/C13H14N2O2/c1-10-14-6-7-15(10)8-11-9-16-12-4-2-3-5-13(12)17-11/h2-7,11H,8-9H2,1H3. The number of hydrogen-bond donors (Lipinski definition) is 0. The monoisotopic (exact) mass is 230 g/mol. The Balaban J connectivity index is 1.74. The molecule has 1 aliphatic heterocycles. The predicted octanol–water partition coefficient (Wildman–Crippen LogP) is 2.03. The molecule has 2 heterocycles. The molecule has 1 aromatic heterocycles. The molecule has 1 aromatic carbocycles. The van der Waals surface area contributed by atoms with Crippen LogP contribution < -0.4 is 9.47 Å². The molecule has 0 amide bonds. The average molecular weight is 230 g/mol. The number of benzene rings is 1. The van der Waals surface area contributed by atoms with Gasteiger partial charge in [0.2, 0.25) is 0 Å². The Bertz CT molecular complexity index is 522. The van der Waals surface area contributed by atoms with E-state index in [0.717, 1.165) is 23.9 Å². The van der Waals surface area contributed by atoms with Crippen molar-refractivity contribution in [1.82, 2.24) is 9.55 Å². The molecule has 0 saturated heterocycles. The molecule has 2 aromatic rings. The first kappa shape index (κ1) is 10.2. The van der Waals surface area contributed by atoms with Gasteiger partial charge in [0.25, 0.3) is 0 Å². The van der Waals surface area contributed by atoms with Crippen LogP contribution in [0.25, 0.3) is 0 Å². The molecule has 1 aliphatic rings. The predicted molar refractivity (Wildman–Crippen MR) is 63.3 cm³/mol. The molecule has 0 bridgehead atoms. The number of nitrogens with zero attached hydrogens (tertiary/aromatic N) is 2. The second-order valence-corrected chi connectivity index (χ2v) is 4.12. The molecular formula is C13H14N2O2. The summed E-state index contributed by atoms with van der Waals surface area (Å²) in [5.41, 5.74) is 0. The van der Waals surface area contributed by atoms with E-state index in [1.165, 1.54) is 0 Å². The molecule has 4 nitrogen and oxygen atoms in total. The maximum Gasteiger partial charge on any atom is 0.161 e. The zero-order valence-corrected chi connectivity index (χ0v) is 9.67. The molecule has 88 valence electrons. The summed E-state index contributed by atoms with van der Waals surface area (Å²) in [4.78, 5) is 4.19. The Labute approximate surface area is 99.8 Å². The van der Waals surface area contributed by atoms with Crippen molar-refractivity contribution in [3.05, 3.63) is 42.5 Å². The Morgan fingerprint density at radius 2 is 2.18 bits per heavy atom. The first-order valence-corrected chi connectivity index (χ1v) is 5.69. The van der Waals surface area contributed by atoms with Gasteiger partial charge in [-0.2, -0.15) is 0 Å². The average Bonchev–Trinajstić information content (AvgIpc) is 2.75. The second kappa shape index (κ2) is 4.13. The summed E-state index contributed by atoms with van der Waals surface area (Å²) in [6.07, 6.45) is 3.80. The van der Waals surface area contributed by atoms with Gasteiger partial charge in [-0.25, -0.2) is 4.98 Å². The highest BCUT2D eigenvalue weighted by molar-refractivity contribution is 5.40. The molecule has 1 unspecified atom stereocenters. The number of para-hydroxylation sites is 2. The van der Waals surface area contributed by atoms with Gasteiger partial charge >= 0.3 is 0 Å². The van der Waals surface area contributed by atoms with Crippen LogP contribution in [0.5, 0.6) is 11.5 Å². The van der Waals surface area contributed by atoms with E-state index in [1.54, 1.807) is 6.20 Å². The van der Waals surface area contributed by atoms with E-state index in [9.17, 15) is 0 Å². The molecule has 0 N–H and O–H groups in total. The lowest BCUT2D eigenvalue weighted by atomic mass is 10.2. The Morgan fingerprint density at radius 3 is 2.94 bits per heavy atom. The highest BCUT2D eigenvalue weighted by atomic mass is 16.6. The number of imidazole rings is 1. The SMILES string of the molecule is Cc1nccn1CC1COc2ccccc2O1. The van der Waals surface area contributed by atoms with Crippen LogP contribution in [0.1, 0.15) is 5.82 Å². The highest BCUT2D eigenvalue weighted by Gasteiger charge is 2.21. The van der Waals surface area contributed by atoms with Crippen molar-refractivity contribution in [1.29, 1.82) is 0 Å². The maximum atomic E-state index is 5.89. The van der Waals surface area contributed by atoms with Gasteiger partial charge in [-0.05, 0) is 19.1 Å².